The van der Waals surface area contributed by atoms with Gasteiger partial charge in [-0.05, 0) is 68.0 Å². The molecule has 8 heteroatoms. The lowest BCUT2D eigenvalue weighted by Gasteiger charge is -2.26. The van der Waals surface area contributed by atoms with Crippen LogP contribution in [0.4, 0.5) is 5.69 Å². The van der Waals surface area contributed by atoms with E-state index in [0.29, 0.717) is 30.3 Å². The summed E-state index contributed by atoms with van der Waals surface area (Å²) in [7, 11) is -2.16. The van der Waals surface area contributed by atoms with Crippen LogP contribution < -0.4 is 14.8 Å². The molecule has 3 rings (SSSR count). The minimum atomic E-state index is -3.64. The first-order chi connectivity index (χ1) is 15.6. The maximum atomic E-state index is 13.1. The molecule has 1 heterocycles. The number of methoxy groups -OCH3 is 1. The summed E-state index contributed by atoms with van der Waals surface area (Å²) < 4.78 is 39.0. The van der Waals surface area contributed by atoms with Gasteiger partial charge >= 0.3 is 0 Å². The van der Waals surface area contributed by atoms with E-state index in [1.807, 2.05) is 25.1 Å². The van der Waals surface area contributed by atoms with Gasteiger partial charge in [0.1, 0.15) is 11.5 Å². The lowest BCUT2D eigenvalue weighted by Crippen LogP contribution is -2.35. The van der Waals surface area contributed by atoms with Gasteiger partial charge in [-0.1, -0.05) is 32.4 Å². The van der Waals surface area contributed by atoms with Crippen LogP contribution in [-0.4, -0.2) is 44.9 Å². The highest BCUT2D eigenvalue weighted by Crippen LogP contribution is 2.31. The number of nitrogens with zero attached hydrogens (tertiary/aromatic N) is 1. The number of amides is 1. The first-order valence-corrected chi connectivity index (χ1v) is 12.8. The molecule has 33 heavy (non-hydrogen) atoms. The number of anilines is 1. The third-order valence-electron chi connectivity index (χ3n) is 5.85. The zero-order valence-corrected chi connectivity index (χ0v) is 20.9. The molecule has 0 aliphatic carbocycles. The van der Waals surface area contributed by atoms with Gasteiger partial charge in [0.25, 0.3) is 5.91 Å². The van der Waals surface area contributed by atoms with Crippen molar-refractivity contribution in [3.8, 4) is 11.5 Å². The summed E-state index contributed by atoms with van der Waals surface area (Å²) >= 11 is 0. The molecule has 2 aromatic carbocycles. The number of aryl methyl sites for hydroxylation is 1. The minimum absolute atomic E-state index is 0.134. The second-order valence-corrected chi connectivity index (χ2v) is 10.7. The smallest absolute Gasteiger partial charge is 0.265 e. The summed E-state index contributed by atoms with van der Waals surface area (Å²) in [6.07, 6.45) is 1.94. The van der Waals surface area contributed by atoms with Gasteiger partial charge in [0.2, 0.25) is 10.0 Å². The van der Waals surface area contributed by atoms with Crippen LogP contribution in [0.3, 0.4) is 0 Å². The molecular formula is C25H34N2O5S. The average molecular weight is 475 g/mol. The highest BCUT2D eigenvalue weighted by molar-refractivity contribution is 7.89. The second kappa shape index (κ2) is 10.6. The van der Waals surface area contributed by atoms with Crippen molar-refractivity contribution in [2.24, 2.45) is 0 Å². The highest BCUT2D eigenvalue weighted by Gasteiger charge is 2.27. The molecule has 0 radical (unpaired) electrons. The topological polar surface area (TPSA) is 84.9 Å². The van der Waals surface area contributed by atoms with Crippen molar-refractivity contribution >= 4 is 21.6 Å². The molecular weight excluding hydrogens is 440 g/mol. The van der Waals surface area contributed by atoms with Crippen molar-refractivity contribution < 1.29 is 22.7 Å². The van der Waals surface area contributed by atoms with E-state index in [-0.39, 0.29) is 10.8 Å². The molecule has 1 N–H and O–H groups in total. The zero-order chi connectivity index (χ0) is 24.2. The number of rotatable bonds is 8. The maximum Gasteiger partial charge on any atom is 0.265 e. The number of piperidine rings is 1. The van der Waals surface area contributed by atoms with Gasteiger partial charge in [0, 0.05) is 13.1 Å². The molecule has 0 bridgehead atoms. The Morgan fingerprint density at radius 2 is 1.70 bits per heavy atom. The first-order valence-electron chi connectivity index (χ1n) is 11.4. The predicted octanol–water partition coefficient (Wildman–Crippen LogP) is 4.71. The fourth-order valence-electron chi connectivity index (χ4n) is 3.90. The average Bonchev–Trinajstić information content (AvgIpc) is 2.79. The van der Waals surface area contributed by atoms with Crippen molar-refractivity contribution in [1.29, 1.82) is 0 Å². The number of carbonyl (C=O) groups is 1. The van der Waals surface area contributed by atoms with Crippen molar-refractivity contribution in [2.75, 3.05) is 25.5 Å². The van der Waals surface area contributed by atoms with Gasteiger partial charge in [-0.15, -0.1) is 0 Å². The molecule has 0 spiro atoms. The molecule has 1 saturated heterocycles. The lowest BCUT2D eigenvalue weighted by molar-refractivity contribution is -0.122. The van der Waals surface area contributed by atoms with Gasteiger partial charge < -0.3 is 14.8 Å². The lowest BCUT2D eigenvalue weighted by atomic mass is 10.0. The van der Waals surface area contributed by atoms with Crippen molar-refractivity contribution in [1.82, 2.24) is 4.31 Å². The number of benzene rings is 2. The summed E-state index contributed by atoms with van der Waals surface area (Å²) in [6.45, 7) is 8.80. The quantitative estimate of drug-likeness (QED) is 0.599. The van der Waals surface area contributed by atoms with E-state index in [2.05, 4.69) is 19.2 Å². The Morgan fingerprint density at radius 3 is 2.33 bits per heavy atom. The van der Waals surface area contributed by atoms with Crippen molar-refractivity contribution in [2.45, 2.75) is 63.9 Å². The van der Waals surface area contributed by atoms with E-state index in [4.69, 9.17) is 9.47 Å². The SMILES string of the molecule is COc1ccc(S(=O)(=O)N2CCCCC2)cc1NC(=O)C(C)Oc1cc(C)ccc1C(C)C. The van der Waals surface area contributed by atoms with E-state index >= 15 is 0 Å². The molecule has 0 aromatic heterocycles. The highest BCUT2D eigenvalue weighted by atomic mass is 32.2. The predicted molar refractivity (Wildman–Crippen MR) is 130 cm³/mol. The van der Waals surface area contributed by atoms with E-state index in [1.165, 1.54) is 23.5 Å². The van der Waals surface area contributed by atoms with Crippen LogP contribution in [0.1, 0.15) is 57.1 Å². The van der Waals surface area contributed by atoms with E-state index in [1.54, 1.807) is 13.0 Å². The van der Waals surface area contributed by atoms with E-state index in [9.17, 15) is 13.2 Å². The van der Waals surface area contributed by atoms with Gasteiger partial charge in [-0.25, -0.2) is 8.42 Å². The molecule has 0 saturated carbocycles. The maximum absolute atomic E-state index is 13.1. The third-order valence-corrected chi connectivity index (χ3v) is 7.74. The van der Waals surface area contributed by atoms with E-state index in [0.717, 1.165) is 30.4 Å². The van der Waals surface area contributed by atoms with Crippen molar-refractivity contribution in [3.63, 3.8) is 0 Å². The Morgan fingerprint density at radius 1 is 1.00 bits per heavy atom. The van der Waals surface area contributed by atoms with Crippen LogP contribution in [0.25, 0.3) is 0 Å². The van der Waals surface area contributed by atoms with Gasteiger partial charge in [0.15, 0.2) is 6.10 Å². The number of carbonyl (C=O) groups excluding carboxylic acids is 1. The zero-order valence-electron chi connectivity index (χ0n) is 20.1. The van der Waals surface area contributed by atoms with Crippen LogP contribution >= 0.6 is 0 Å². The van der Waals surface area contributed by atoms with Gasteiger partial charge in [-0.2, -0.15) is 4.31 Å². The summed E-state index contributed by atoms with van der Waals surface area (Å²) in [6, 6.07) is 10.5. The summed E-state index contributed by atoms with van der Waals surface area (Å²) in [5, 5.41) is 2.79. The molecule has 1 atom stereocenters. The summed E-state index contributed by atoms with van der Waals surface area (Å²) in [5.41, 5.74) is 2.36. The third kappa shape index (κ3) is 5.86. The molecule has 1 amide bonds. The van der Waals surface area contributed by atoms with Crippen molar-refractivity contribution in [3.05, 3.63) is 47.5 Å². The Balaban J connectivity index is 1.81. The Bertz CT molecular complexity index is 1090. The molecule has 1 unspecified atom stereocenters. The number of sulfonamides is 1. The Hall–Kier alpha value is -2.58. The fraction of sp³-hybridized carbons (Fsp3) is 0.480. The number of ether oxygens (including phenoxy) is 2. The molecule has 7 nitrogen and oxygen atoms in total. The molecule has 2 aromatic rings. The van der Waals surface area contributed by atoms with Crippen LogP contribution in [0.5, 0.6) is 11.5 Å². The number of hydrogen-bond acceptors (Lipinski definition) is 5. The number of hydrogen-bond donors (Lipinski definition) is 1. The normalized spacial score (nSPS) is 15.8. The molecule has 180 valence electrons. The van der Waals surface area contributed by atoms with Gasteiger partial charge in [-0.3, -0.25) is 4.79 Å². The van der Waals surface area contributed by atoms with E-state index < -0.39 is 22.0 Å². The van der Waals surface area contributed by atoms with Crippen LogP contribution in [-0.2, 0) is 14.8 Å². The minimum Gasteiger partial charge on any atom is -0.495 e. The second-order valence-electron chi connectivity index (χ2n) is 8.77. The Labute approximate surface area is 197 Å². The summed E-state index contributed by atoms with van der Waals surface area (Å²) in [4.78, 5) is 13.1. The molecule has 1 fully saturated rings. The standard InChI is InChI=1S/C25H34N2O5S/c1-17(2)21-11-9-18(3)15-24(21)32-19(4)25(28)26-22-16-20(10-12-23(22)31-5)33(29,30)27-13-7-6-8-14-27/h9-12,15-17,19H,6-8,13-14H2,1-5H3,(H,26,28). The van der Waals surface area contributed by atoms with Gasteiger partial charge in [0.05, 0.1) is 17.7 Å². The molecule has 1 aliphatic rings. The molecule has 1 aliphatic heterocycles. The Kier molecular flexibility index (Phi) is 8.02. The fourth-order valence-corrected chi connectivity index (χ4v) is 5.44. The number of nitrogens with one attached hydrogen (secondary N) is 1. The van der Waals surface area contributed by atoms with Crippen LogP contribution in [0.2, 0.25) is 0 Å². The summed E-state index contributed by atoms with van der Waals surface area (Å²) in [5.74, 6) is 0.900. The van der Waals surface area contributed by atoms with Crippen LogP contribution in [0, 0.1) is 6.92 Å². The first kappa shape index (κ1) is 25.1. The largest absolute Gasteiger partial charge is 0.495 e. The monoisotopic (exact) mass is 474 g/mol. The van der Waals surface area contributed by atoms with Crippen LogP contribution in [0.15, 0.2) is 41.3 Å².